The molecule has 1 heterocycles. The van der Waals surface area contributed by atoms with Crippen LogP contribution in [0.3, 0.4) is 0 Å². The second kappa shape index (κ2) is 5.14. The summed E-state index contributed by atoms with van der Waals surface area (Å²) in [6, 6.07) is 4.03. The number of nitrogens with one attached hydrogen (secondary N) is 1. The van der Waals surface area contributed by atoms with Gasteiger partial charge in [-0.3, -0.25) is 9.69 Å². The van der Waals surface area contributed by atoms with E-state index in [9.17, 15) is 14.3 Å². The topological polar surface area (TPSA) is 78.6 Å². The molecule has 4 N–H and O–H groups in total. The molecule has 0 radical (unpaired) electrons. The van der Waals surface area contributed by atoms with Gasteiger partial charge in [-0.25, -0.2) is 4.39 Å². The molecule has 1 unspecified atom stereocenters. The lowest BCUT2D eigenvalue weighted by atomic mass is 10.1. The predicted molar refractivity (Wildman–Crippen MR) is 71.1 cm³/mol. The van der Waals surface area contributed by atoms with Crippen molar-refractivity contribution in [2.75, 3.05) is 30.7 Å². The van der Waals surface area contributed by atoms with Crippen LogP contribution in [0, 0.1) is 5.82 Å². The van der Waals surface area contributed by atoms with E-state index < -0.39 is 11.4 Å². The zero-order valence-electron chi connectivity index (χ0n) is 10.8. The standard InChI is InChI=1S/C13H18FN3O2/c1-13(19)4-5-17(8-13)7-12(18)16-11-6-9(15)2-3-10(11)14/h2-3,6,19H,4-5,7-8,15H2,1H3,(H,16,18). The summed E-state index contributed by atoms with van der Waals surface area (Å²) in [5.74, 6) is -0.835. The number of nitrogens with two attached hydrogens (primary N) is 1. The lowest BCUT2D eigenvalue weighted by Gasteiger charge is -2.18. The fourth-order valence-corrected chi connectivity index (χ4v) is 2.21. The lowest BCUT2D eigenvalue weighted by molar-refractivity contribution is -0.117. The van der Waals surface area contributed by atoms with Gasteiger partial charge in [-0.2, -0.15) is 0 Å². The molecule has 19 heavy (non-hydrogen) atoms. The van der Waals surface area contributed by atoms with E-state index in [-0.39, 0.29) is 18.1 Å². The number of nitrogen functional groups attached to an aromatic ring is 1. The van der Waals surface area contributed by atoms with E-state index >= 15 is 0 Å². The third-order valence-corrected chi connectivity index (χ3v) is 3.16. The number of nitrogens with zero attached hydrogens (tertiary/aromatic N) is 1. The van der Waals surface area contributed by atoms with Crippen LogP contribution in [0.2, 0.25) is 0 Å². The van der Waals surface area contributed by atoms with Crippen molar-refractivity contribution >= 4 is 17.3 Å². The van der Waals surface area contributed by atoms with Crippen molar-refractivity contribution in [1.29, 1.82) is 0 Å². The summed E-state index contributed by atoms with van der Waals surface area (Å²) in [6.45, 7) is 2.96. The largest absolute Gasteiger partial charge is 0.399 e. The van der Waals surface area contributed by atoms with Crippen LogP contribution in [0.25, 0.3) is 0 Å². The average molecular weight is 267 g/mol. The molecule has 0 bridgehead atoms. The molecule has 1 aromatic rings. The van der Waals surface area contributed by atoms with E-state index in [4.69, 9.17) is 5.73 Å². The first kappa shape index (κ1) is 13.8. The van der Waals surface area contributed by atoms with Gasteiger partial charge in [-0.15, -0.1) is 0 Å². The zero-order valence-corrected chi connectivity index (χ0v) is 10.8. The highest BCUT2D eigenvalue weighted by Gasteiger charge is 2.32. The van der Waals surface area contributed by atoms with Gasteiger partial charge in [0.2, 0.25) is 5.91 Å². The average Bonchev–Trinajstić information content (AvgIpc) is 2.63. The first-order valence-electron chi connectivity index (χ1n) is 6.15. The maximum atomic E-state index is 13.4. The number of likely N-dealkylation sites (tertiary alicyclic amines) is 1. The second-order valence-corrected chi connectivity index (χ2v) is 5.25. The molecule has 1 fully saturated rings. The number of benzene rings is 1. The Morgan fingerprint density at radius 2 is 2.37 bits per heavy atom. The highest BCUT2D eigenvalue weighted by atomic mass is 19.1. The smallest absolute Gasteiger partial charge is 0.238 e. The number of amides is 1. The van der Waals surface area contributed by atoms with Crippen LogP contribution in [-0.4, -0.2) is 41.1 Å². The van der Waals surface area contributed by atoms with E-state index in [2.05, 4.69) is 5.32 Å². The number of β-amino-alcohol motifs (C(OH)–C–C–N with tert-alkyl or cyclic N) is 1. The third kappa shape index (κ3) is 3.65. The van der Waals surface area contributed by atoms with Crippen molar-refractivity contribution < 1.29 is 14.3 Å². The van der Waals surface area contributed by atoms with Crippen LogP contribution in [0.1, 0.15) is 13.3 Å². The zero-order chi connectivity index (χ0) is 14.0. The fourth-order valence-electron chi connectivity index (χ4n) is 2.21. The van der Waals surface area contributed by atoms with Crippen molar-refractivity contribution in [2.45, 2.75) is 18.9 Å². The summed E-state index contributed by atoms with van der Waals surface area (Å²) in [5.41, 5.74) is 5.26. The number of hydrogen-bond donors (Lipinski definition) is 3. The summed E-state index contributed by atoms with van der Waals surface area (Å²) >= 11 is 0. The van der Waals surface area contributed by atoms with Gasteiger partial charge in [0.1, 0.15) is 5.82 Å². The monoisotopic (exact) mass is 267 g/mol. The molecule has 0 saturated carbocycles. The second-order valence-electron chi connectivity index (χ2n) is 5.25. The van der Waals surface area contributed by atoms with E-state index in [1.54, 1.807) is 6.92 Å². The van der Waals surface area contributed by atoms with Crippen molar-refractivity contribution in [1.82, 2.24) is 4.90 Å². The lowest BCUT2D eigenvalue weighted by Crippen LogP contribution is -2.35. The minimum atomic E-state index is -0.747. The molecule has 1 saturated heterocycles. The van der Waals surface area contributed by atoms with Gasteiger partial charge < -0.3 is 16.2 Å². The first-order chi connectivity index (χ1) is 8.85. The van der Waals surface area contributed by atoms with Crippen molar-refractivity contribution in [3.63, 3.8) is 0 Å². The summed E-state index contributed by atoms with van der Waals surface area (Å²) in [5, 5.41) is 12.3. The number of hydrogen-bond acceptors (Lipinski definition) is 4. The maximum Gasteiger partial charge on any atom is 0.238 e. The summed E-state index contributed by atoms with van der Waals surface area (Å²) < 4.78 is 13.4. The van der Waals surface area contributed by atoms with Gasteiger partial charge in [0, 0.05) is 18.8 Å². The van der Waals surface area contributed by atoms with E-state index in [0.717, 1.165) is 0 Å². The number of anilines is 2. The Balaban J connectivity index is 1.93. The number of halogens is 1. The maximum absolute atomic E-state index is 13.4. The normalized spacial score (nSPS) is 23.5. The molecule has 104 valence electrons. The highest BCUT2D eigenvalue weighted by molar-refractivity contribution is 5.92. The summed E-state index contributed by atoms with van der Waals surface area (Å²) in [6.07, 6.45) is 0.632. The van der Waals surface area contributed by atoms with Crippen molar-refractivity contribution in [3.8, 4) is 0 Å². The Hall–Kier alpha value is -1.66. The Bertz CT molecular complexity index is 491. The minimum Gasteiger partial charge on any atom is -0.399 e. The van der Waals surface area contributed by atoms with Gasteiger partial charge in [0.15, 0.2) is 0 Å². The van der Waals surface area contributed by atoms with Crippen molar-refractivity contribution in [3.05, 3.63) is 24.0 Å². The molecular weight excluding hydrogens is 249 g/mol. The van der Waals surface area contributed by atoms with Crippen LogP contribution >= 0.6 is 0 Å². The molecule has 1 amide bonds. The third-order valence-electron chi connectivity index (χ3n) is 3.16. The first-order valence-corrected chi connectivity index (χ1v) is 6.15. The molecule has 6 heteroatoms. The summed E-state index contributed by atoms with van der Waals surface area (Å²) in [4.78, 5) is 13.6. The van der Waals surface area contributed by atoms with E-state index in [1.807, 2.05) is 4.90 Å². The van der Waals surface area contributed by atoms with Crippen LogP contribution in [0.15, 0.2) is 18.2 Å². The predicted octanol–water partition coefficient (Wildman–Crippen LogP) is 0.803. The Labute approximate surface area is 111 Å². The molecule has 0 aromatic heterocycles. The molecule has 1 atom stereocenters. The minimum absolute atomic E-state index is 0.0796. The molecule has 2 rings (SSSR count). The van der Waals surface area contributed by atoms with Gasteiger partial charge in [-0.05, 0) is 31.5 Å². The fraction of sp³-hybridized carbons (Fsp3) is 0.462. The molecule has 0 spiro atoms. The Kier molecular flexibility index (Phi) is 3.73. The molecule has 1 aliphatic heterocycles. The van der Waals surface area contributed by atoms with Gasteiger partial charge >= 0.3 is 0 Å². The Morgan fingerprint density at radius 1 is 1.63 bits per heavy atom. The van der Waals surface area contributed by atoms with Crippen molar-refractivity contribution in [2.24, 2.45) is 0 Å². The van der Waals surface area contributed by atoms with E-state index in [0.29, 0.717) is 25.2 Å². The molecule has 1 aliphatic rings. The van der Waals surface area contributed by atoms with Crippen LogP contribution < -0.4 is 11.1 Å². The Morgan fingerprint density at radius 3 is 3.00 bits per heavy atom. The van der Waals surface area contributed by atoms with Gasteiger partial charge in [0.05, 0.1) is 17.8 Å². The number of aliphatic hydroxyl groups is 1. The quantitative estimate of drug-likeness (QED) is 0.708. The number of carbonyl (C=O) groups is 1. The van der Waals surface area contributed by atoms with Gasteiger partial charge in [0.25, 0.3) is 0 Å². The number of carbonyl (C=O) groups excluding carboxylic acids is 1. The summed E-state index contributed by atoms with van der Waals surface area (Å²) in [7, 11) is 0. The molecule has 5 nitrogen and oxygen atoms in total. The van der Waals surface area contributed by atoms with Crippen LogP contribution in [0.5, 0.6) is 0 Å². The molecule has 0 aliphatic carbocycles. The SMILES string of the molecule is CC1(O)CCN(CC(=O)Nc2cc(N)ccc2F)C1. The van der Waals surface area contributed by atoms with Crippen LogP contribution in [0.4, 0.5) is 15.8 Å². The highest BCUT2D eigenvalue weighted by Crippen LogP contribution is 2.20. The molecular formula is C13H18FN3O2. The molecule has 1 aromatic carbocycles. The van der Waals surface area contributed by atoms with Gasteiger partial charge in [-0.1, -0.05) is 0 Å². The van der Waals surface area contributed by atoms with E-state index in [1.165, 1.54) is 18.2 Å². The number of rotatable bonds is 3. The van der Waals surface area contributed by atoms with Crippen LogP contribution in [-0.2, 0) is 4.79 Å².